The van der Waals surface area contributed by atoms with Gasteiger partial charge in [0.25, 0.3) is 0 Å². The van der Waals surface area contributed by atoms with Gasteiger partial charge in [0, 0.05) is 0 Å². The van der Waals surface area contributed by atoms with Crippen molar-refractivity contribution in [1.82, 2.24) is 0 Å². The van der Waals surface area contributed by atoms with E-state index in [1.807, 2.05) is 0 Å². The van der Waals surface area contributed by atoms with Crippen molar-refractivity contribution in [3.05, 3.63) is 12.7 Å². The largest absolute Gasteiger partial charge is 0.302 e. The second kappa shape index (κ2) is 4.97. The van der Waals surface area contributed by atoms with E-state index in [1.165, 1.54) is 6.08 Å². The lowest BCUT2D eigenvalue weighted by atomic mass is 10.4. The van der Waals surface area contributed by atoms with Gasteiger partial charge in [-0.2, -0.15) is 0 Å². The van der Waals surface area contributed by atoms with Crippen molar-refractivity contribution in [2.45, 2.75) is 6.42 Å². The molecule has 0 bridgehead atoms. The third-order valence-corrected chi connectivity index (χ3v) is 0.390. The maximum absolute atomic E-state index is 9.54. The summed E-state index contributed by atoms with van der Waals surface area (Å²) in [6.45, 7) is 3.34. The van der Waals surface area contributed by atoms with E-state index < -0.39 is 0 Å². The summed E-state index contributed by atoms with van der Waals surface area (Å²) in [5.74, 6) is 5.08. The molecule has 0 spiro atoms. The number of rotatable bonds is 1. The molecule has 7 heavy (non-hydrogen) atoms. The highest BCUT2D eigenvalue weighted by molar-refractivity contribution is 5.54. The summed E-state index contributed by atoms with van der Waals surface area (Å²) < 4.78 is 0. The van der Waals surface area contributed by atoms with Gasteiger partial charge in [-0.3, -0.25) is 0 Å². The molecule has 0 unspecified atom stereocenters. The van der Waals surface area contributed by atoms with Crippen LogP contribution in [0.4, 0.5) is 0 Å². The molecule has 0 rings (SSSR count). The topological polar surface area (TPSA) is 17.1 Å². The predicted octanol–water partition coefficient (Wildman–Crippen LogP) is 0.765. The summed E-state index contributed by atoms with van der Waals surface area (Å²) in [6, 6.07) is 0. The van der Waals surface area contributed by atoms with Crippen LogP contribution in [0, 0.1) is 11.8 Å². The molecule has 36 valence electrons. The Kier molecular flexibility index (Phi) is 4.24. The van der Waals surface area contributed by atoms with Crippen molar-refractivity contribution < 1.29 is 4.79 Å². The highest BCUT2D eigenvalue weighted by atomic mass is 16.1. The normalized spacial score (nSPS) is 5.71. The Morgan fingerprint density at radius 2 is 2.43 bits per heavy atom. The van der Waals surface area contributed by atoms with Gasteiger partial charge in [-0.15, -0.1) is 0 Å². The summed E-state index contributed by atoms with van der Waals surface area (Å²) in [5, 5.41) is 0. The summed E-state index contributed by atoms with van der Waals surface area (Å²) in [7, 11) is 0. The molecule has 0 radical (unpaired) electrons. The smallest absolute Gasteiger partial charge is 0.131 e. The predicted molar refractivity (Wildman–Crippen MR) is 28.7 cm³/mol. The fourth-order valence-corrected chi connectivity index (χ4v) is 0.173. The van der Waals surface area contributed by atoms with Gasteiger partial charge in [0.05, 0.1) is 6.42 Å². The van der Waals surface area contributed by atoms with Crippen molar-refractivity contribution in [3.63, 3.8) is 0 Å². The van der Waals surface area contributed by atoms with Crippen molar-refractivity contribution in [2.75, 3.05) is 0 Å². The lowest BCUT2D eigenvalue weighted by molar-refractivity contribution is -0.107. The molecule has 0 aliphatic heterocycles. The van der Waals surface area contributed by atoms with Gasteiger partial charge >= 0.3 is 0 Å². The van der Waals surface area contributed by atoms with Crippen LogP contribution in [-0.4, -0.2) is 6.29 Å². The fourth-order valence-electron chi connectivity index (χ4n) is 0.173. The monoisotopic (exact) mass is 94.0 g/mol. The third kappa shape index (κ3) is 4.97. The number of hydrogen-bond donors (Lipinski definition) is 0. The first-order valence-corrected chi connectivity index (χ1v) is 1.94. The molecule has 0 atom stereocenters. The van der Waals surface area contributed by atoms with Gasteiger partial charge in [-0.25, -0.2) is 0 Å². The van der Waals surface area contributed by atoms with Crippen LogP contribution in [0.2, 0.25) is 0 Å². The van der Waals surface area contributed by atoms with Gasteiger partial charge in [-0.05, 0) is 6.08 Å². The highest BCUT2D eigenvalue weighted by Crippen LogP contribution is 1.62. The summed E-state index contributed by atoms with van der Waals surface area (Å²) in [6.07, 6.45) is 2.53. The maximum Gasteiger partial charge on any atom is 0.131 e. The SMILES string of the molecule is C=CC#CCC=O. The second-order valence-electron chi connectivity index (χ2n) is 0.896. The molecule has 0 aromatic heterocycles. The van der Waals surface area contributed by atoms with Crippen LogP contribution in [0.5, 0.6) is 0 Å². The molecule has 0 heterocycles. The van der Waals surface area contributed by atoms with E-state index in [2.05, 4.69) is 18.4 Å². The molecular formula is C6H6O. The number of allylic oxidation sites excluding steroid dienone is 1. The van der Waals surface area contributed by atoms with E-state index in [0.717, 1.165) is 6.29 Å². The molecule has 1 nitrogen and oxygen atoms in total. The first-order valence-electron chi connectivity index (χ1n) is 1.94. The fraction of sp³-hybridized carbons (Fsp3) is 0.167. The molecule has 0 aliphatic carbocycles. The minimum atomic E-state index is 0.312. The van der Waals surface area contributed by atoms with Crippen LogP contribution >= 0.6 is 0 Å². The Balaban J connectivity index is 3.24. The van der Waals surface area contributed by atoms with E-state index in [0.29, 0.717) is 6.42 Å². The van der Waals surface area contributed by atoms with E-state index in [-0.39, 0.29) is 0 Å². The summed E-state index contributed by atoms with van der Waals surface area (Å²) >= 11 is 0. The Hall–Kier alpha value is -1.03. The molecule has 0 aromatic carbocycles. The first kappa shape index (κ1) is 5.97. The Labute approximate surface area is 43.0 Å². The minimum Gasteiger partial charge on any atom is -0.302 e. The lowest BCUT2D eigenvalue weighted by Crippen LogP contribution is -1.63. The van der Waals surface area contributed by atoms with Crippen LogP contribution in [-0.2, 0) is 4.79 Å². The van der Waals surface area contributed by atoms with Crippen LogP contribution in [0.1, 0.15) is 6.42 Å². The van der Waals surface area contributed by atoms with Crippen molar-refractivity contribution in [1.29, 1.82) is 0 Å². The Morgan fingerprint density at radius 3 is 2.86 bits per heavy atom. The average Bonchev–Trinajstić information content (AvgIpc) is 1.69. The quantitative estimate of drug-likeness (QED) is 0.346. The molecule has 0 N–H and O–H groups in total. The van der Waals surface area contributed by atoms with E-state index in [4.69, 9.17) is 0 Å². The Morgan fingerprint density at radius 1 is 1.71 bits per heavy atom. The van der Waals surface area contributed by atoms with Crippen molar-refractivity contribution in [2.24, 2.45) is 0 Å². The number of aldehydes is 1. The molecule has 0 saturated carbocycles. The molecular weight excluding hydrogens is 88.1 g/mol. The zero-order valence-electron chi connectivity index (χ0n) is 3.98. The van der Waals surface area contributed by atoms with Gasteiger partial charge < -0.3 is 4.79 Å². The molecule has 0 saturated heterocycles. The maximum atomic E-state index is 9.54. The van der Waals surface area contributed by atoms with Crippen LogP contribution in [0.3, 0.4) is 0 Å². The van der Waals surface area contributed by atoms with Gasteiger partial charge in [0.1, 0.15) is 6.29 Å². The van der Waals surface area contributed by atoms with E-state index >= 15 is 0 Å². The molecule has 0 fully saturated rings. The van der Waals surface area contributed by atoms with Crippen LogP contribution in [0.15, 0.2) is 12.7 Å². The molecule has 1 heteroatoms. The summed E-state index contributed by atoms with van der Waals surface area (Å²) in [5.41, 5.74) is 0. The van der Waals surface area contributed by atoms with Crippen molar-refractivity contribution in [3.8, 4) is 11.8 Å². The van der Waals surface area contributed by atoms with E-state index in [1.54, 1.807) is 0 Å². The van der Waals surface area contributed by atoms with Gasteiger partial charge in [-0.1, -0.05) is 18.4 Å². The lowest BCUT2D eigenvalue weighted by Gasteiger charge is -1.61. The zero-order valence-corrected chi connectivity index (χ0v) is 3.98. The third-order valence-electron chi connectivity index (χ3n) is 0.390. The van der Waals surface area contributed by atoms with Gasteiger partial charge in [0.15, 0.2) is 0 Å². The summed E-state index contributed by atoms with van der Waals surface area (Å²) in [4.78, 5) is 9.54. The number of carbonyl (C=O) groups is 1. The van der Waals surface area contributed by atoms with Gasteiger partial charge in [0.2, 0.25) is 0 Å². The first-order chi connectivity index (χ1) is 3.41. The van der Waals surface area contributed by atoms with Crippen LogP contribution < -0.4 is 0 Å². The minimum absolute atomic E-state index is 0.312. The van der Waals surface area contributed by atoms with Crippen molar-refractivity contribution >= 4 is 6.29 Å². The van der Waals surface area contributed by atoms with Crippen LogP contribution in [0.25, 0.3) is 0 Å². The number of hydrogen-bond acceptors (Lipinski definition) is 1. The zero-order chi connectivity index (χ0) is 5.54. The Bertz CT molecular complexity index is 114. The molecule has 0 amide bonds. The standard InChI is InChI=1S/C6H6O/c1-2-3-4-5-6-7/h2,6H,1,5H2. The number of carbonyl (C=O) groups excluding carboxylic acids is 1. The highest BCUT2D eigenvalue weighted by Gasteiger charge is 1.62. The molecule has 0 aliphatic rings. The molecule has 0 aromatic rings. The average molecular weight is 94.1 g/mol. The van der Waals surface area contributed by atoms with E-state index in [9.17, 15) is 4.79 Å². The second-order valence-corrected chi connectivity index (χ2v) is 0.896.